The minimum absolute atomic E-state index is 0.0735. The van der Waals surface area contributed by atoms with Crippen LogP contribution >= 0.6 is 0 Å². The number of benzene rings is 1. The van der Waals surface area contributed by atoms with Gasteiger partial charge in [-0.1, -0.05) is 18.2 Å². The Bertz CT molecular complexity index is 490. The van der Waals surface area contributed by atoms with E-state index < -0.39 is 5.97 Å². The number of ether oxygens (including phenoxy) is 1. The Balaban J connectivity index is 2.64. The first-order valence-corrected chi connectivity index (χ1v) is 6.87. The van der Waals surface area contributed by atoms with Gasteiger partial charge in [0.1, 0.15) is 5.75 Å². The van der Waals surface area contributed by atoms with E-state index in [0.717, 1.165) is 5.56 Å². The number of aliphatic carboxylic acids is 1. The molecule has 116 valence electrons. The van der Waals surface area contributed by atoms with E-state index in [2.05, 4.69) is 5.32 Å². The largest absolute Gasteiger partial charge is 0.496 e. The van der Waals surface area contributed by atoms with Crippen LogP contribution in [0.5, 0.6) is 5.75 Å². The molecule has 6 nitrogen and oxygen atoms in total. The Morgan fingerprint density at radius 3 is 2.62 bits per heavy atom. The van der Waals surface area contributed by atoms with Crippen LogP contribution in [0.4, 0.5) is 4.79 Å². The molecular formula is C15H22N2O4. The number of nitrogens with zero attached hydrogens (tertiary/aromatic N) is 1. The number of carbonyl (C=O) groups excluding carboxylic acids is 1. The number of carboxylic acids is 1. The predicted octanol–water partition coefficient (Wildman–Crippen LogP) is 2.09. The van der Waals surface area contributed by atoms with Crippen LogP contribution in [0.2, 0.25) is 0 Å². The van der Waals surface area contributed by atoms with Gasteiger partial charge in [-0.25, -0.2) is 4.79 Å². The fourth-order valence-electron chi connectivity index (χ4n) is 2.14. The smallest absolute Gasteiger partial charge is 0.317 e. The minimum atomic E-state index is -0.918. The number of amides is 2. The number of nitrogens with one attached hydrogen (secondary N) is 1. The van der Waals surface area contributed by atoms with Crippen LogP contribution in [-0.4, -0.2) is 41.7 Å². The van der Waals surface area contributed by atoms with Crippen molar-refractivity contribution >= 4 is 12.0 Å². The average Bonchev–Trinajstić information content (AvgIpc) is 2.45. The lowest BCUT2D eigenvalue weighted by Crippen LogP contribution is -2.45. The number of methoxy groups -OCH3 is 1. The van der Waals surface area contributed by atoms with E-state index in [1.165, 1.54) is 4.90 Å². The van der Waals surface area contributed by atoms with Gasteiger partial charge in [0.25, 0.3) is 0 Å². The van der Waals surface area contributed by atoms with Gasteiger partial charge in [0, 0.05) is 24.7 Å². The van der Waals surface area contributed by atoms with E-state index in [4.69, 9.17) is 9.84 Å². The highest BCUT2D eigenvalue weighted by Gasteiger charge is 2.20. The van der Waals surface area contributed by atoms with Gasteiger partial charge >= 0.3 is 12.0 Å². The summed E-state index contributed by atoms with van der Waals surface area (Å²) in [4.78, 5) is 24.4. The minimum Gasteiger partial charge on any atom is -0.496 e. The third-order valence-electron chi connectivity index (χ3n) is 3.23. The summed E-state index contributed by atoms with van der Waals surface area (Å²) in [7, 11) is 1.58. The SMILES string of the molecule is CCN(C(=O)NCc1ccccc1OC)C(C)CC(=O)O. The van der Waals surface area contributed by atoms with Crippen LogP contribution in [0, 0.1) is 0 Å². The second kappa shape index (κ2) is 8.14. The summed E-state index contributed by atoms with van der Waals surface area (Å²) in [6, 6.07) is 6.79. The molecule has 0 fully saturated rings. The van der Waals surface area contributed by atoms with Gasteiger partial charge in [-0.2, -0.15) is 0 Å². The quantitative estimate of drug-likeness (QED) is 0.807. The number of hydrogen-bond acceptors (Lipinski definition) is 3. The first kappa shape index (κ1) is 16.8. The van der Waals surface area contributed by atoms with Crippen molar-refractivity contribution in [3.05, 3.63) is 29.8 Å². The molecule has 1 unspecified atom stereocenters. The van der Waals surface area contributed by atoms with Crippen LogP contribution in [0.15, 0.2) is 24.3 Å². The Hall–Kier alpha value is -2.24. The van der Waals surface area contributed by atoms with Gasteiger partial charge in [0.05, 0.1) is 13.5 Å². The third kappa shape index (κ3) is 4.98. The van der Waals surface area contributed by atoms with E-state index in [1.54, 1.807) is 14.0 Å². The molecule has 2 N–H and O–H groups in total. The molecule has 6 heteroatoms. The van der Waals surface area contributed by atoms with E-state index in [9.17, 15) is 9.59 Å². The maximum absolute atomic E-state index is 12.2. The molecule has 0 saturated carbocycles. The lowest BCUT2D eigenvalue weighted by Gasteiger charge is -2.27. The Kier molecular flexibility index (Phi) is 6.52. The molecule has 0 aliphatic carbocycles. The molecule has 0 heterocycles. The molecule has 0 radical (unpaired) electrons. The molecule has 2 amide bonds. The highest BCUT2D eigenvalue weighted by Crippen LogP contribution is 2.17. The predicted molar refractivity (Wildman–Crippen MR) is 79.3 cm³/mol. The first-order chi connectivity index (χ1) is 9.99. The summed E-state index contributed by atoms with van der Waals surface area (Å²) < 4.78 is 5.22. The maximum Gasteiger partial charge on any atom is 0.317 e. The molecule has 21 heavy (non-hydrogen) atoms. The number of urea groups is 1. The van der Waals surface area contributed by atoms with Gasteiger partial charge in [-0.15, -0.1) is 0 Å². The van der Waals surface area contributed by atoms with Crippen molar-refractivity contribution in [1.29, 1.82) is 0 Å². The lowest BCUT2D eigenvalue weighted by atomic mass is 10.2. The molecule has 0 saturated heterocycles. The zero-order chi connectivity index (χ0) is 15.8. The van der Waals surface area contributed by atoms with E-state index >= 15 is 0 Å². The molecule has 0 aliphatic rings. The second-order valence-electron chi connectivity index (χ2n) is 4.70. The first-order valence-electron chi connectivity index (χ1n) is 6.87. The van der Waals surface area contributed by atoms with Crippen LogP contribution in [-0.2, 0) is 11.3 Å². The van der Waals surface area contributed by atoms with Crippen molar-refractivity contribution in [2.75, 3.05) is 13.7 Å². The van der Waals surface area contributed by atoms with E-state index in [1.807, 2.05) is 31.2 Å². The van der Waals surface area contributed by atoms with Gasteiger partial charge in [-0.05, 0) is 19.9 Å². The summed E-state index contributed by atoms with van der Waals surface area (Å²) >= 11 is 0. The molecule has 1 rings (SSSR count). The summed E-state index contributed by atoms with van der Waals surface area (Å²) in [5.41, 5.74) is 0.871. The standard InChI is InChI=1S/C15H22N2O4/c1-4-17(11(2)9-14(18)19)15(20)16-10-12-7-5-6-8-13(12)21-3/h5-8,11H,4,9-10H2,1-3H3,(H,16,20)(H,18,19). The number of carboxylic acid groups (broad SMARTS) is 1. The number of carbonyl (C=O) groups is 2. The van der Waals surface area contributed by atoms with Crippen LogP contribution in [0.25, 0.3) is 0 Å². The summed E-state index contributed by atoms with van der Waals surface area (Å²) in [6.07, 6.45) is -0.0735. The third-order valence-corrected chi connectivity index (χ3v) is 3.23. The molecular weight excluding hydrogens is 272 g/mol. The number of hydrogen-bond donors (Lipinski definition) is 2. The number of para-hydroxylation sites is 1. The van der Waals surface area contributed by atoms with Crippen LogP contribution in [0.3, 0.4) is 0 Å². The average molecular weight is 294 g/mol. The fraction of sp³-hybridized carbons (Fsp3) is 0.467. The maximum atomic E-state index is 12.2. The van der Waals surface area contributed by atoms with Crippen molar-refractivity contribution in [3.63, 3.8) is 0 Å². The lowest BCUT2D eigenvalue weighted by molar-refractivity contribution is -0.138. The van der Waals surface area contributed by atoms with E-state index in [0.29, 0.717) is 18.8 Å². The van der Waals surface area contributed by atoms with Crippen molar-refractivity contribution in [2.45, 2.75) is 32.9 Å². The van der Waals surface area contributed by atoms with Gasteiger partial charge < -0.3 is 20.1 Å². The van der Waals surface area contributed by atoms with Crippen molar-refractivity contribution in [2.24, 2.45) is 0 Å². The van der Waals surface area contributed by atoms with Crippen molar-refractivity contribution in [1.82, 2.24) is 10.2 Å². The molecule has 1 aromatic rings. The Morgan fingerprint density at radius 1 is 1.38 bits per heavy atom. The zero-order valence-corrected chi connectivity index (χ0v) is 12.6. The Morgan fingerprint density at radius 2 is 2.05 bits per heavy atom. The normalized spacial score (nSPS) is 11.6. The summed E-state index contributed by atoms with van der Waals surface area (Å²) in [5.74, 6) is -0.210. The van der Waals surface area contributed by atoms with Gasteiger partial charge in [0.2, 0.25) is 0 Å². The van der Waals surface area contributed by atoms with E-state index in [-0.39, 0.29) is 18.5 Å². The second-order valence-corrected chi connectivity index (χ2v) is 4.70. The molecule has 0 spiro atoms. The molecule has 1 atom stereocenters. The molecule has 0 bridgehead atoms. The Labute approximate surface area is 124 Å². The van der Waals surface area contributed by atoms with Crippen LogP contribution < -0.4 is 10.1 Å². The van der Waals surface area contributed by atoms with Crippen LogP contribution in [0.1, 0.15) is 25.8 Å². The van der Waals surface area contributed by atoms with Crippen molar-refractivity contribution < 1.29 is 19.4 Å². The zero-order valence-electron chi connectivity index (χ0n) is 12.6. The number of rotatable bonds is 7. The molecule has 0 aromatic heterocycles. The fourth-order valence-corrected chi connectivity index (χ4v) is 2.14. The summed E-state index contributed by atoms with van der Waals surface area (Å²) in [6.45, 7) is 4.33. The monoisotopic (exact) mass is 294 g/mol. The summed E-state index contributed by atoms with van der Waals surface area (Å²) in [5, 5.41) is 11.6. The molecule has 0 aliphatic heterocycles. The highest BCUT2D eigenvalue weighted by atomic mass is 16.5. The van der Waals surface area contributed by atoms with Crippen molar-refractivity contribution in [3.8, 4) is 5.75 Å². The topological polar surface area (TPSA) is 78.9 Å². The highest BCUT2D eigenvalue weighted by molar-refractivity contribution is 5.76. The van der Waals surface area contributed by atoms with Gasteiger partial charge in [0.15, 0.2) is 0 Å². The van der Waals surface area contributed by atoms with Gasteiger partial charge in [-0.3, -0.25) is 4.79 Å². The molecule has 1 aromatic carbocycles.